The minimum Gasteiger partial charge on any atom is -0.317 e. The molecule has 2 aliphatic rings. The van der Waals surface area contributed by atoms with Crippen LogP contribution in [0.25, 0.3) is 0 Å². The van der Waals surface area contributed by atoms with Gasteiger partial charge in [-0.2, -0.15) is 0 Å². The molecule has 0 bridgehead atoms. The minimum atomic E-state index is -0.0871. The van der Waals surface area contributed by atoms with Gasteiger partial charge >= 0.3 is 0 Å². The first kappa shape index (κ1) is 14.2. The fourth-order valence-corrected chi connectivity index (χ4v) is 3.86. The molecule has 1 saturated carbocycles. The van der Waals surface area contributed by atoms with E-state index in [1.54, 1.807) is 0 Å². The van der Waals surface area contributed by atoms with Crippen molar-refractivity contribution in [2.75, 3.05) is 13.1 Å². The average molecular weight is 314 g/mol. The van der Waals surface area contributed by atoms with Crippen molar-refractivity contribution in [2.24, 2.45) is 0 Å². The van der Waals surface area contributed by atoms with Crippen molar-refractivity contribution in [1.29, 1.82) is 0 Å². The van der Waals surface area contributed by atoms with Gasteiger partial charge in [-0.05, 0) is 56.5 Å². The summed E-state index contributed by atoms with van der Waals surface area (Å²) in [4.78, 5) is 9.43. The average Bonchev–Trinajstić information content (AvgIpc) is 3.41. The zero-order chi connectivity index (χ0) is 15.0. The van der Waals surface area contributed by atoms with Crippen molar-refractivity contribution in [3.63, 3.8) is 0 Å². The molecular formula is C18H20ClN3. The summed E-state index contributed by atoms with van der Waals surface area (Å²) in [5.41, 5.74) is 2.26. The maximum Gasteiger partial charge on any atom is 0.131 e. The highest BCUT2D eigenvalue weighted by Gasteiger charge is 2.39. The predicted molar refractivity (Wildman–Crippen MR) is 88.3 cm³/mol. The third-order valence-corrected chi connectivity index (χ3v) is 5.28. The first-order valence-corrected chi connectivity index (χ1v) is 8.46. The fourth-order valence-electron chi connectivity index (χ4n) is 3.54. The number of halogens is 1. The van der Waals surface area contributed by atoms with Crippen LogP contribution in [0.5, 0.6) is 0 Å². The van der Waals surface area contributed by atoms with E-state index in [9.17, 15) is 0 Å². The molecule has 4 heteroatoms. The van der Waals surface area contributed by atoms with Crippen LogP contribution in [0.3, 0.4) is 0 Å². The van der Waals surface area contributed by atoms with Gasteiger partial charge in [-0.15, -0.1) is 0 Å². The molecule has 114 valence electrons. The molecule has 1 N–H and O–H groups in total. The number of hydrogen-bond donors (Lipinski definition) is 1. The van der Waals surface area contributed by atoms with Crippen molar-refractivity contribution >= 4 is 11.6 Å². The molecule has 0 unspecified atom stereocenters. The Morgan fingerprint density at radius 1 is 1.09 bits per heavy atom. The molecule has 22 heavy (non-hydrogen) atoms. The first-order valence-electron chi connectivity index (χ1n) is 8.09. The molecule has 2 heterocycles. The Morgan fingerprint density at radius 2 is 1.86 bits per heavy atom. The summed E-state index contributed by atoms with van der Waals surface area (Å²) in [6, 6.07) is 10.3. The smallest absolute Gasteiger partial charge is 0.131 e. The minimum absolute atomic E-state index is 0.0871. The van der Waals surface area contributed by atoms with Crippen molar-refractivity contribution in [3.8, 4) is 0 Å². The lowest BCUT2D eigenvalue weighted by Gasteiger charge is -2.38. The van der Waals surface area contributed by atoms with E-state index in [2.05, 4.69) is 28.5 Å². The number of rotatable bonds is 3. The van der Waals surface area contributed by atoms with E-state index in [1.807, 2.05) is 18.3 Å². The molecule has 0 radical (unpaired) electrons. The Hall–Kier alpha value is -1.45. The molecule has 2 aromatic rings. The molecule has 1 aromatic heterocycles. The van der Waals surface area contributed by atoms with Crippen LogP contribution in [0.15, 0.2) is 36.5 Å². The van der Waals surface area contributed by atoms with E-state index in [0.717, 1.165) is 42.5 Å². The second kappa shape index (κ2) is 5.64. The number of piperidine rings is 1. The maximum absolute atomic E-state index is 6.55. The van der Waals surface area contributed by atoms with Crippen LogP contribution in [0.2, 0.25) is 5.02 Å². The van der Waals surface area contributed by atoms with Gasteiger partial charge in [0.05, 0.1) is 5.69 Å². The molecule has 1 aliphatic carbocycles. The number of nitrogens with zero attached hydrogens (tertiary/aromatic N) is 2. The number of nitrogens with one attached hydrogen (secondary N) is 1. The molecule has 4 rings (SSSR count). The Balaban J connectivity index is 1.84. The zero-order valence-corrected chi connectivity index (χ0v) is 13.3. The summed E-state index contributed by atoms with van der Waals surface area (Å²) < 4.78 is 0. The number of hydrogen-bond acceptors (Lipinski definition) is 3. The summed E-state index contributed by atoms with van der Waals surface area (Å²) in [6.45, 7) is 1.99. The van der Waals surface area contributed by atoms with Gasteiger partial charge in [-0.25, -0.2) is 9.97 Å². The fraction of sp³-hybridized carbons (Fsp3) is 0.444. The van der Waals surface area contributed by atoms with E-state index in [-0.39, 0.29) is 5.41 Å². The summed E-state index contributed by atoms with van der Waals surface area (Å²) in [6.07, 6.45) is 6.43. The van der Waals surface area contributed by atoms with E-state index < -0.39 is 0 Å². The largest absolute Gasteiger partial charge is 0.317 e. The Kier molecular flexibility index (Phi) is 3.63. The SMILES string of the molecule is Clc1ccccc1C1(c2ccnc(C3CC3)n2)CCNCC1. The van der Waals surface area contributed by atoms with Gasteiger partial charge in [0.2, 0.25) is 0 Å². The summed E-state index contributed by atoms with van der Waals surface area (Å²) in [5, 5.41) is 4.31. The van der Waals surface area contributed by atoms with Crippen molar-refractivity contribution in [3.05, 3.63) is 58.6 Å². The van der Waals surface area contributed by atoms with Gasteiger partial charge < -0.3 is 5.32 Å². The highest BCUT2D eigenvalue weighted by Crippen LogP contribution is 2.44. The number of aromatic nitrogens is 2. The summed E-state index contributed by atoms with van der Waals surface area (Å²) in [7, 11) is 0. The monoisotopic (exact) mass is 313 g/mol. The summed E-state index contributed by atoms with van der Waals surface area (Å²) >= 11 is 6.55. The molecule has 1 aliphatic heterocycles. The van der Waals surface area contributed by atoms with Crippen molar-refractivity contribution in [2.45, 2.75) is 37.0 Å². The normalized spacial score (nSPS) is 20.8. The van der Waals surface area contributed by atoms with Crippen LogP contribution in [0, 0.1) is 0 Å². The van der Waals surface area contributed by atoms with E-state index in [1.165, 1.54) is 18.4 Å². The van der Waals surface area contributed by atoms with E-state index in [4.69, 9.17) is 16.6 Å². The van der Waals surface area contributed by atoms with E-state index in [0.29, 0.717) is 5.92 Å². The second-order valence-corrected chi connectivity index (χ2v) is 6.79. The quantitative estimate of drug-likeness (QED) is 0.939. The third-order valence-electron chi connectivity index (χ3n) is 4.95. The molecule has 0 atom stereocenters. The van der Waals surface area contributed by atoms with E-state index >= 15 is 0 Å². The Bertz CT molecular complexity index is 676. The second-order valence-electron chi connectivity index (χ2n) is 6.39. The Morgan fingerprint density at radius 3 is 2.59 bits per heavy atom. The Labute approximate surface area is 136 Å². The van der Waals surface area contributed by atoms with Gasteiger partial charge in [0, 0.05) is 22.6 Å². The molecular weight excluding hydrogens is 294 g/mol. The van der Waals surface area contributed by atoms with Gasteiger partial charge in [0.1, 0.15) is 5.82 Å². The van der Waals surface area contributed by atoms with Crippen LogP contribution in [-0.2, 0) is 5.41 Å². The van der Waals surface area contributed by atoms with Gasteiger partial charge in [0.25, 0.3) is 0 Å². The lowest BCUT2D eigenvalue weighted by Crippen LogP contribution is -2.41. The predicted octanol–water partition coefficient (Wildman–Crippen LogP) is 3.68. The zero-order valence-electron chi connectivity index (χ0n) is 12.6. The van der Waals surface area contributed by atoms with Gasteiger partial charge in [0.15, 0.2) is 0 Å². The standard InChI is InChI=1S/C18H20ClN3/c19-15-4-2-1-3-14(15)18(8-11-20-12-9-18)16-7-10-21-17(22-16)13-5-6-13/h1-4,7,10,13,20H,5-6,8-9,11-12H2. The molecule has 0 amide bonds. The maximum atomic E-state index is 6.55. The lowest BCUT2D eigenvalue weighted by molar-refractivity contribution is 0.353. The van der Waals surface area contributed by atoms with Crippen LogP contribution in [-0.4, -0.2) is 23.1 Å². The van der Waals surface area contributed by atoms with Crippen LogP contribution in [0.4, 0.5) is 0 Å². The van der Waals surface area contributed by atoms with Crippen LogP contribution < -0.4 is 5.32 Å². The molecule has 1 saturated heterocycles. The number of benzene rings is 1. The van der Waals surface area contributed by atoms with Gasteiger partial charge in [-0.1, -0.05) is 29.8 Å². The molecule has 2 fully saturated rings. The van der Waals surface area contributed by atoms with Crippen LogP contribution >= 0.6 is 11.6 Å². The highest BCUT2D eigenvalue weighted by molar-refractivity contribution is 6.31. The van der Waals surface area contributed by atoms with Crippen molar-refractivity contribution < 1.29 is 0 Å². The summed E-state index contributed by atoms with van der Waals surface area (Å²) in [5.74, 6) is 1.59. The van der Waals surface area contributed by atoms with Gasteiger partial charge in [-0.3, -0.25) is 0 Å². The highest BCUT2D eigenvalue weighted by atomic mass is 35.5. The van der Waals surface area contributed by atoms with Crippen molar-refractivity contribution in [1.82, 2.24) is 15.3 Å². The topological polar surface area (TPSA) is 37.8 Å². The third kappa shape index (κ3) is 2.42. The molecule has 0 spiro atoms. The van der Waals surface area contributed by atoms with Crippen LogP contribution in [0.1, 0.15) is 48.7 Å². The first-order chi connectivity index (χ1) is 10.8. The molecule has 1 aromatic carbocycles. The molecule has 3 nitrogen and oxygen atoms in total. The lowest BCUT2D eigenvalue weighted by atomic mass is 9.70.